The summed E-state index contributed by atoms with van der Waals surface area (Å²) in [4.78, 5) is 22.7. The lowest BCUT2D eigenvalue weighted by Gasteiger charge is -2.11. The van der Waals surface area contributed by atoms with Gasteiger partial charge in [-0.05, 0) is 50.3 Å². The zero-order chi connectivity index (χ0) is 16.7. The van der Waals surface area contributed by atoms with Crippen LogP contribution in [0.4, 0.5) is 0 Å². The van der Waals surface area contributed by atoms with Crippen molar-refractivity contribution >= 4 is 39.3 Å². The van der Waals surface area contributed by atoms with Gasteiger partial charge in [0, 0.05) is 10.3 Å². The fourth-order valence-corrected chi connectivity index (χ4v) is 5.41. The monoisotopic (exact) mass is 360 g/mol. The van der Waals surface area contributed by atoms with E-state index in [1.165, 1.54) is 34.7 Å². The van der Waals surface area contributed by atoms with Crippen molar-refractivity contribution in [1.82, 2.24) is 9.97 Å². The number of rotatable bonds is 4. The molecule has 0 aromatic carbocycles. The third kappa shape index (κ3) is 2.82. The smallest absolute Gasteiger partial charge is 0.371 e. The summed E-state index contributed by atoms with van der Waals surface area (Å²) in [6, 6.07) is 3.20. The first-order valence-corrected chi connectivity index (χ1v) is 9.65. The summed E-state index contributed by atoms with van der Waals surface area (Å²) in [6.07, 6.45) is 4.70. The van der Waals surface area contributed by atoms with Crippen LogP contribution in [0.5, 0.6) is 0 Å². The number of thioether (sulfide) groups is 1. The third-order valence-electron chi connectivity index (χ3n) is 4.12. The number of carboxylic acid groups (broad SMARTS) is 1. The van der Waals surface area contributed by atoms with Gasteiger partial charge in [0.15, 0.2) is 0 Å². The molecule has 24 heavy (non-hydrogen) atoms. The fraction of sp³-hybridized carbons (Fsp3) is 0.353. The molecule has 1 N–H and O–H groups in total. The summed E-state index contributed by atoms with van der Waals surface area (Å²) in [6.45, 7) is 1.91. The van der Waals surface area contributed by atoms with Crippen molar-refractivity contribution in [2.24, 2.45) is 0 Å². The molecular formula is C17H16N2O3S2. The van der Waals surface area contributed by atoms with Crippen LogP contribution in [0.15, 0.2) is 21.6 Å². The van der Waals surface area contributed by atoms with Gasteiger partial charge in [0.2, 0.25) is 5.76 Å². The zero-order valence-corrected chi connectivity index (χ0v) is 14.8. The van der Waals surface area contributed by atoms with Gasteiger partial charge in [0.05, 0.1) is 5.75 Å². The second kappa shape index (κ2) is 6.22. The molecule has 0 atom stereocenters. The van der Waals surface area contributed by atoms with E-state index in [4.69, 9.17) is 9.52 Å². The Hall–Kier alpha value is -1.86. The lowest BCUT2D eigenvalue weighted by atomic mass is 9.97. The molecule has 3 aromatic heterocycles. The van der Waals surface area contributed by atoms with Gasteiger partial charge >= 0.3 is 5.97 Å². The zero-order valence-electron chi connectivity index (χ0n) is 13.2. The Morgan fingerprint density at radius 1 is 1.33 bits per heavy atom. The highest BCUT2D eigenvalue weighted by Crippen LogP contribution is 2.40. The quantitative estimate of drug-likeness (QED) is 0.547. The average molecular weight is 360 g/mol. The van der Waals surface area contributed by atoms with Crippen LogP contribution in [-0.4, -0.2) is 21.0 Å². The molecule has 0 fully saturated rings. The molecule has 4 rings (SSSR count). The van der Waals surface area contributed by atoms with Crippen LogP contribution in [0.1, 0.15) is 45.4 Å². The van der Waals surface area contributed by atoms with Crippen molar-refractivity contribution in [3.05, 3.63) is 39.9 Å². The van der Waals surface area contributed by atoms with E-state index < -0.39 is 5.97 Å². The van der Waals surface area contributed by atoms with Crippen LogP contribution >= 0.6 is 23.1 Å². The maximum atomic E-state index is 10.9. The second-order valence-corrected chi connectivity index (χ2v) is 7.87. The summed E-state index contributed by atoms with van der Waals surface area (Å²) in [5, 5.41) is 11.1. The molecule has 0 bridgehead atoms. The summed E-state index contributed by atoms with van der Waals surface area (Å²) in [5.74, 6) is 0.907. The van der Waals surface area contributed by atoms with Crippen molar-refractivity contribution < 1.29 is 14.3 Å². The molecule has 0 amide bonds. The van der Waals surface area contributed by atoms with E-state index in [1.807, 2.05) is 6.92 Å². The molecule has 5 nitrogen and oxygen atoms in total. The summed E-state index contributed by atoms with van der Waals surface area (Å²) >= 11 is 3.38. The minimum atomic E-state index is -1.04. The van der Waals surface area contributed by atoms with Gasteiger partial charge in [-0.25, -0.2) is 14.8 Å². The molecule has 0 unspecified atom stereocenters. The molecular weight excluding hydrogens is 344 g/mol. The normalized spacial score (nSPS) is 14.0. The van der Waals surface area contributed by atoms with E-state index in [2.05, 4.69) is 9.97 Å². The van der Waals surface area contributed by atoms with E-state index in [0.29, 0.717) is 11.5 Å². The molecule has 1 aliphatic carbocycles. The summed E-state index contributed by atoms with van der Waals surface area (Å²) < 4.78 is 5.34. The second-order valence-electron chi connectivity index (χ2n) is 5.83. The largest absolute Gasteiger partial charge is 0.475 e. The van der Waals surface area contributed by atoms with Gasteiger partial charge in [0.1, 0.15) is 21.4 Å². The Morgan fingerprint density at radius 2 is 2.17 bits per heavy atom. The number of furan rings is 1. The molecule has 124 valence electrons. The Balaban J connectivity index is 1.67. The van der Waals surface area contributed by atoms with Crippen LogP contribution < -0.4 is 0 Å². The number of nitrogens with zero attached hydrogens (tertiary/aromatic N) is 2. The predicted octanol–water partition coefficient (Wildman–Crippen LogP) is 4.46. The number of carbonyl (C=O) groups is 1. The first-order valence-electron chi connectivity index (χ1n) is 7.85. The van der Waals surface area contributed by atoms with Crippen LogP contribution in [0.2, 0.25) is 0 Å². The van der Waals surface area contributed by atoms with Gasteiger partial charge in [-0.3, -0.25) is 0 Å². The Bertz CT molecular complexity index is 929. The number of hydrogen-bond acceptors (Lipinski definition) is 6. The van der Waals surface area contributed by atoms with Gasteiger partial charge in [-0.2, -0.15) is 0 Å². The first-order chi connectivity index (χ1) is 11.6. The fourth-order valence-electron chi connectivity index (χ4n) is 3.04. The minimum absolute atomic E-state index is 0.0254. The highest BCUT2D eigenvalue weighted by atomic mass is 32.2. The molecule has 0 radical (unpaired) electrons. The predicted molar refractivity (Wildman–Crippen MR) is 94.0 cm³/mol. The van der Waals surface area contributed by atoms with Crippen LogP contribution in [0.3, 0.4) is 0 Å². The molecule has 1 aliphatic rings. The van der Waals surface area contributed by atoms with Gasteiger partial charge < -0.3 is 9.52 Å². The number of aromatic carboxylic acids is 1. The number of hydrogen-bond donors (Lipinski definition) is 1. The Morgan fingerprint density at radius 3 is 2.96 bits per heavy atom. The van der Waals surface area contributed by atoms with Gasteiger partial charge in [0.25, 0.3) is 0 Å². The minimum Gasteiger partial charge on any atom is -0.475 e. The molecule has 0 spiro atoms. The topological polar surface area (TPSA) is 76.2 Å². The van der Waals surface area contributed by atoms with E-state index in [9.17, 15) is 4.79 Å². The molecule has 7 heteroatoms. The number of aromatic nitrogens is 2. The van der Waals surface area contributed by atoms with Gasteiger partial charge in [-0.1, -0.05) is 11.8 Å². The van der Waals surface area contributed by atoms with Crippen LogP contribution in [0.25, 0.3) is 10.2 Å². The third-order valence-corrected chi connectivity index (χ3v) is 6.30. The number of thiophene rings is 1. The Kier molecular flexibility index (Phi) is 4.05. The number of aryl methyl sites for hydroxylation is 3. The molecule has 0 aliphatic heterocycles. The SMILES string of the molecule is Cc1nc(SCc2ccc(C(=O)O)o2)c2c3c(sc2n1)CCCC3. The number of carboxylic acids is 1. The molecule has 0 saturated carbocycles. The maximum absolute atomic E-state index is 10.9. The van der Waals surface area contributed by atoms with E-state index in [1.54, 1.807) is 29.2 Å². The van der Waals surface area contributed by atoms with Crippen LogP contribution in [-0.2, 0) is 18.6 Å². The lowest BCUT2D eigenvalue weighted by molar-refractivity contribution is 0.0661. The summed E-state index contributed by atoms with van der Waals surface area (Å²) in [7, 11) is 0. The van der Waals surface area contributed by atoms with E-state index in [-0.39, 0.29) is 5.76 Å². The number of fused-ring (bicyclic) bond motifs is 3. The standard InChI is InChI=1S/C17H16N2O3S2/c1-9-18-15(23-8-10-6-7-12(22-10)17(20)21)14-11-4-2-3-5-13(11)24-16(14)19-9/h6-7H,2-5,8H2,1H3,(H,20,21). The highest BCUT2D eigenvalue weighted by Gasteiger charge is 2.21. The molecule has 3 aromatic rings. The van der Waals surface area contributed by atoms with Gasteiger partial charge in [-0.15, -0.1) is 11.3 Å². The molecule has 3 heterocycles. The van der Waals surface area contributed by atoms with Crippen LogP contribution in [0, 0.1) is 6.92 Å². The molecule has 0 saturated heterocycles. The summed E-state index contributed by atoms with van der Waals surface area (Å²) in [5.41, 5.74) is 1.41. The van der Waals surface area contributed by atoms with Crippen molar-refractivity contribution in [2.45, 2.75) is 43.4 Å². The van der Waals surface area contributed by atoms with Crippen molar-refractivity contribution in [2.75, 3.05) is 0 Å². The average Bonchev–Trinajstić information content (AvgIpc) is 3.16. The van der Waals surface area contributed by atoms with E-state index >= 15 is 0 Å². The van der Waals surface area contributed by atoms with Crippen molar-refractivity contribution in [3.8, 4) is 0 Å². The maximum Gasteiger partial charge on any atom is 0.371 e. The first kappa shape index (κ1) is 15.7. The van der Waals surface area contributed by atoms with Crippen molar-refractivity contribution in [3.63, 3.8) is 0 Å². The van der Waals surface area contributed by atoms with Crippen molar-refractivity contribution in [1.29, 1.82) is 0 Å². The lowest BCUT2D eigenvalue weighted by Crippen LogP contribution is -1.99. The Labute approximate surface area is 147 Å². The van der Waals surface area contributed by atoms with E-state index in [0.717, 1.165) is 28.5 Å². The highest BCUT2D eigenvalue weighted by molar-refractivity contribution is 7.98.